The van der Waals surface area contributed by atoms with Crippen LogP contribution >= 0.6 is 0 Å². The average Bonchev–Trinajstić information content (AvgIpc) is 2.94. The molecule has 0 saturated carbocycles. The molecule has 0 aliphatic rings. The smallest absolute Gasteiger partial charge is 0.237 e. The van der Waals surface area contributed by atoms with Gasteiger partial charge in [0.05, 0.1) is 6.04 Å². The number of hydrogen-bond donors (Lipinski definition) is 3. The van der Waals surface area contributed by atoms with Gasteiger partial charge in [-0.1, -0.05) is 12.1 Å². The Kier molecular flexibility index (Phi) is 4.79. The zero-order chi connectivity index (χ0) is 14.4. The minimum atomic E-state index is -0.579. The number of amides is 1. The van der Waals surface area contributed by atoms with Gasteiger partial charge in [-0.3, -0.25) is 4.79 Å². The molecule has 0 spiro atoms. The summed E-state index contributed by atoms with van der Waals surface area (Å²) in [6.07, 6.45) is 4.35. The first-order valence-corrected chi connectivity index (χ1v) is 6.57. The Morgan fingerprint density at radius 3 is 2.55 bits per heavy atom. The fourth-order valence-electron chi connectivity index (χ4n) is 1.94. The van der Waals surface area contributed by atoms with Crippen LogP contribution in [0.25, 0.3) is 0 Å². The molecule has 0 fully saturated rings. The number of aromatic nitrogens is 1. The van der Waals surface area contributed by atoms with Gasteiger partial charge in [0, 0.05) is 25.5 Å². The monoisotopic (exact) mass is 273 g/mol. The molecule has 4 N–H and O–H groups in total. The van der Waals surface area contributed by atoms with Crippen molar-refractivity contribution in [3.8, 4) is 5.75 Å². The number of phenols is 1. The summed E-state index contributed by atoms with van der Waals surface area (Å²) < 4.78 is 1.99. The largest absolute Gasteiger partial charge is 0.508 e. The normalized spacial score (nSPS) is 12.1. The van der Waals surface area contributed by atoms with Crippen molar-refractivity contribution in [3.63, 3.8) is 0 Å². The van der Waals surface area contributed by atoms with Gasteiger partial charge in [0.1, 0.15) is 5.75 Å². The fourth-order valence-corrected chi connectivity index (χ4v) is 1.94. The molecule has 0 aliphatic carbocycles. The van der Waals surface area contributed by atoms with Gasteiger partial charge in [0.15, 0.2) is 0 Å². The summed E-state index contributed by atoms with van der Waals surface area (Å²) in [6.45, 7) is 1.28. The average molecular weight is 273 g/mol. The van der Waals surface area contributed by atoms with Crippen LogP contribution in [0.4, 0.5) is 0 Å². The van der Waals surface area contributed by atoms with Crippen molar-refractivity contribution in [1.29, 1.82) is 0 Å². The summed E-state index contributed by atoms with van der Waals surface area (Å²) >= 11 is 0. The van der Waals surface area contributed by atoms with Crippen LogP contribution in [0.3, 0.4) is 0 Å². The van der Waals surface area contributed by atoms with E-state index < -0.39 is 6.04 Å². The molecular formula is C15H19N3O2. The molecule has 2 rings (SSSR count). The number of benzene rings is 1. The quantitative estimate of drug-likeness (QED) is 0.731. The van der Waals surface area contributed by atoms with Gasteiger partial charge >= 0.3 is 0 Å². The molecule has 0 bridgehead atoms. The van der Waals surface area contributed by atoms with Gasteiger partial charge < -0.3 is 20.7 Å². The third-order valence-electron chi connectivity index (χ3n) is 3.06. The molecule has 5 nitrogen and oxygen atoms in total. The molecule has 1 aromatic heterocycles. The van der Waals surface area contributed by atoms with E-state index in [0.717, 1.165) is 12.1 Å². The molecule has 1 heterocycles. The van der Waals surface area contributed by atoms with Gasteiger partial charge in [-0.25, -0.2) is 0 Å². The number of rotatable bonds is 6. The van der Waals surface area contributed by atoms with Crippen molar-refractivity contribution < 1.29 is 9.90 Å². The van der Waals surface area contributed by atoms with Crippen molar-refractivity contribution in [1.82, 2.24) is 9.88 Å². The number of nitrogens with one attached hydrogen (secondary N) is 1. The number of phenolic OH excluding ortho intramolecular Hbond substituents is 1. The minimum Gasteiger partial charge on any atom is -0.508 e. The van der Waals surface area contributed by atoms with Crippen molar-refractivity contribution in [2.24, 2.45) is 5.73 Å². The van der Waals surface area contributed by atoms with E-state index in [9.17, 15) is 9.90 Å². The first-order chi connectivity index (χ1) is 9.65. The Hall–Kier alpha value is -2.27. The maximum absolute atomic E-state index is 11.8. The van der Waals surface area contributed by atoms with Crippen LogP contribution in [-0.4, -0.2) is 28.2 Å². The predicted octanol–water partition coefficient (Wildman–Crippen LogP) is 0.880. The molecule has 1 atom stereocenters. The van der Waals surface area contributed by atoms with Crippen LogP contribution in [0.2, 0.25) is 0 Å². The van der Waals surface area contributed by atoms with E-state index in [1.165, 1.54) is 0 Å². The zero-order valence-corrected chi connectivity index (χ0v) is 11.2. The second kappa shape index (κ2) is 6.77. The van der Waals surface area contributed by atoms with Crippen LogP contribution in [-0.2, 0) is 17.8 Å². The van der Waals surface area contributed by atoms with E-state index in [0.29, 0.717) is 13.0 Å². The fraction of sp³-hybridized carbons (Fsp3) is 0.267. The Labute approximate surface area is 118 Å². The Bertz CT molecular complexity index is 535. The number of carbonyl (C=O) groups is 1. The Morgan fingerprint density at radius 2 is 1.90 bits per heavy atom. The second-order valence-electron chi connectivity index (χ2n) is 4.69. The molecule has 20 heavy (non-hydrogen) atoms. The third-order valence-corrected chi connectivity index (χ3v) is 3.06. The highest BCUT2D eigenvalue weighted by Crippen LogP contribution is 2.10. The lowest BCUT2D eigenvalue weighted by Crippen LogP contribution is -2.43. The lowest BCUT2D eigenvalue weighted by molar-refractivity contribution is -0.122. The summed E-state index contributed by atoms with van der Waals surface area (Å²) in [5, 5.41) is 12.0. The number of carbonyl (C=O) groups excluding carboxylic acids is 1. The maximum Gasteiger partial charge on any atom is 0.237 e. The first-order valence-electron chi connectivity index (χ1n) is 6.57. The number of nitrogens with two attached hydrogens (primary N) is 1. The highest BCUT2D eigenvalue weighted by atomic mass is 16.3. The van der Waals surface area contributed by atoms with Gasteiger partial charge in [-0.2, -0.15) is 0 Å². The Balaban J connectivity index is 1.75. The Morgan fingerprint density at radius 1 is 1.25 bits per heavy atom. The van der Waals surface area contributed by atoms with Crippen molar-refractivity contribution >= 4 is 5.91 Å². The number of nitrogens with zero attached hydrogens (tertiary/aromatic N) is 1. The third kappa shape index (κ3) is 4.13. The molecule has 1 amide bonds. The van der Waals surface area contributed by atoms with Crippen LogP contribution in [0.1, 0.15) is 5.56 Å². The summed E-state index contributed by atoms with van der Waals surface area (Å²) in [5.74, 6) is 0.0451. The minimum absolute atomic E-state index is 0.162. The molecule has 106 valence electrons. The first kappa shape index (κ1) is 14.1. The van der Waals surface area contributed by atoms with E-state index in [-0.39, 0.29) is 11.7 Å². The van der Waals surface area contributed by atoms with Gasteiger partial charge in [-0.05, 0) is 36.2 Å². The highest BCUT2D eigenvalue weighted by molar-refractivity contribution is 5.81. The van der Waals surface area contributed by atoms with Crippen molar-refractivity contribution in [3.05, 3.63) is 54.4 Å². The molecule has 0 radical (unpaired) electrons. The molecule has 2 aromatic rings. The van der Waals surface area contributed by atoms with Gasteiger partial charge in [-0.15, -0.1) is 0 Å². The van der Waals surface area contributed by atoms with E-state index in [1.54, 1.807) is 24.3 Å². The molecule has 0 unspecified atom stereocenters. The zero-order valence-electron chi connectivity index (χ0n) is 11.2. The highest BCUT2D eigenvalue weighted by Gasteiger charge is 2.13. The van der Waals surface area contributed by atoms with E-state index in [4.69, 9.17) is 5.73 Å². The lowest BCUT2D eigenvalue weighted by Gasteiger charge is -2.12. The van der Waals surface area contributed by atoms with E-state index >= 15 is 0 Å². The molecule has 0 aliphatic heterocycles. The summed E-state index contributed by atoms with van der Waals surface area (Å²) in [4.78, 5) is 11.8. The van der Waals surface area contributed by atoms with Crippen molar-refractivity contribution in [2.45, 2.75) is 19.0 Å². The van der Waals surface area contributed by atoms with Crippen LogP contribution in [0, 0.1) is 0 Å². The molecule has 5 heteroatoms. The van der Waals surface area contributed by atoms with Crippen LogP contribution in [0.5, 0.6) is 5.75 Å². The van der Waals surface area contributed by atoms with Crippen molar-refractivity contribution in [2.75, 3.05) is 6.54 Å². The number of hydrogen-bond acceptors (Lipinski definition) is 3. The van der Waals surface area contributed by atoms with Crippen LogP contribution in [0.15, 0.2) is 48.8 Å². The SMILES string of the molecule is N[C@H](Cc1ccc(O)cc1)C(=O)NCCn1cccc1. The maximum atomic E-state index is 11.8. The second-order valence-corrected chi connectivity index (χ2v) is 4.69. The standard InChI is InChI=1S/C15H19N3O2/c16-14(11-12-3-5-13(19)6-4-12)15(20)17-7-10-18-8-1-2-9-18/h1-6,8-9,14,19H,7,10-11,16H2,(H,17,20)/t14-/m1/s1. The van der Waals surface area contributed by atoms with E-state index in [1.807, 2.05) is 29.1 Å². The van der Waals surface area contributed by atoms with E-state index in [2.05, 4.69) is 5.32 Å². The molecule has 0 saturated heterocycles. The molecule has 1 aromatic carbocycles. The van der Waals surface area contributed by atoms with Gasteiger partial charge in [0.2, 0.25) is 5.91 Å². The number of aromatic hydroxyl groups is 1. The van der Waals surface area contributed by atoms with Gasteiger partial charge in [0.25, 0.3) is 0 Å². The summed E-state index contributed by atoms with van der Waals surface area (Å²) in [7, 11) is 0. The topological polar surface area (TPSA) is 80.3 Å². The van der Waals surface area contributed by atoms with Crippen LogP contribution < -0.4 is 11.1 Å². The summed E-state index contributed by atoms with van der Waals surface area (Å²) in [6, 6.07) is 10.0. The summed E-state index contributed by atoms with van der Waals surface area (Å²) in [5.41, 5.74) is 6.79. The molecular weight excluding hydrogens is 254 g/mol. The lowest BCUT2D eigenvalue weighted by atomic mass is 10.1. The predicted molar refractivity (Wildman–Crippen MR) is 77.2 cm³/mol.